The van der Waals surface area contributed by atoms with Crippen molar-refractivity contribution in [2.24, 2.45) is 5.10 Å². The van der Waals surface area contributed by atoms with Crippen molar-refractivity contribution < 1.29 is 13.9 Å². The zero-order valence-electron chi connectivity index (χ0n) is 15.7. The molecule has 0 aliphatic heterocycles. The second-order valence-corrected chi connectivity index (χ2v) is 7.49. The maximum Gasteiger partial charge on any atom is 0.274 e. The third kappa shape index (κ3) is 5.96. The lowest BCUT2D eigenvalue weighted by molar-refractivity contribution is 0.0951. The van der Waals surface area contributed by atoms with E-state index in [1.54, 1.807) is 30.3 Å². The van der Waals surface area contributed by atoms with Crippen molar-refractivity contribution in [2.45, 2.75) is 6.61 Å². The van der Waals surface area contributed by atoms with Gasteiger partial charge in [-0.2, -0.15) is 10.4 Å². The summed E-state index contributed by atoms with van der Waals surface area (Å²) in [5.41, 5.74) is 3.47. The molecule has 0 bridgehead atoms. The molecule has 3 aromatic rings. The molecule has 0 aliphatic rings. The predicted octanol–water partition coefficient (Wildman–Crippen LogP) is 6.00. The average molecular weight is 477 g/mol. The summed E-state index contributed by atoms with van der Waals surface area (Å²) in [5.74, 6) is -1.28. The average Bonchev–Trinajstić information content (AvgIpc) is 2.74. The number of halogens is 4. The van der Waals surface area contributed by atoms with Gasteiger partial charge in [-0.1, -0.05) is 46.9 Å². The van der Waals surface area contributed by atoms with Gasteiger partial charge in [0.1, 0.15) is 12.4 Å². The van der Waals surface area contributed by atoms with E-state index in [-0.39, 0.29) is 27.8 Å². The maximum absolute atomic E-state index is 13.9. The van der Waals surface area contributed by atoms with Crippen LogP contribution in [-0.2, 0) is 6.61 Å². The van der Waals surface area contributed by atoms with Crippen LogP contribution in [0.15, 0.2) is 59.7 Å². The lowest BCUT2D eigenvalue weighted by atomic mass is 10.1. The largest absolute Gasteiger partial charge is 0.486 e. The van der Waals surface area contributed by atoms with Crippen LogP contribution in [0, 0.1) is 17.1 Å². The fraction of sp³-hybridized carbons (Fsp3) is 0.0455. The number of hydrogen-bond acceptors (Lipinski definition) is 4. The summed E-state index contributed by atoms with van der Waals surface area (Å²) in [7, 11) is 0. The summed E-state index contributed by atoms with van der Waals surface area (Å²) in [6, 6.07) is 15.6. The van der Waals surface area contributed by atoms with Gasteiger partial charge >= 0.3 is 0 Å². The smallest absolute Gasteiger partial charge is 0.274 e. The number of hydrogen-bond donors (Lipinski definition) is 1. The first-order valence-electron chi connectivity index (χ1n) is 8.76. The Morgan fingerprint density at radius 2 is 1.77 bits per heavy atom. The molecule has 0 atom stereocenters. The molecule has 0 aromatic heterocycles. The molecule has 3 aromatic carbocycles. The number of carbonyl (C=O) groups excluding carboxylic acids is 1. The van der Waals surface area contributed by atoms with Gasteiger partial charge < -0.3 is 4.74 Å². The van der Waals surface area contributed by atoms with Crippen molar-refractivity contribution >= 4 is 46.9 Å². The molecule has 0 unspecified atom stereocenters. The first-order chi connectivity index (χ1) is 14.9. The number of rotatable bonds is 6. The Balaban J connectivity index is 1.65. The van der Waals surface area contributed by atoms with E-state index in [4.69, 9.17) is 44.8 Å². The second-order valence-electron chi connectivity index (χ2n) is 6.23. The number of ether oxygens (including phenoxy) is 1. The highest BCUT2D eigenvalue weighted by molar-refractivity contribution is 6.37. The molecule has 1 amide bonds. The van der Waals surface area contributed by atoms with Crippen LogP contribution in [0.3, 0.4) is 0 Å². The van der Waals surface area contributed by atoms with Crippen LogP contribution in [0.25, 0.3) is 0 Å². The number of carbonyl (C=O) groups is 1. The van der Waals surface area contributed by atoms with Crippen LogP contribution >= 0.6 is 34.8 Å². The minimum atomic E-state index is -0.819. The molecule has 31 heavy (non-hydrogen) atoms. The van der Waals surface area contributed by atoms with Gasteiger partial charge in [-0.15, -0.1) is 0 Å². The fourth-order valence-corrected chi connectivity index (χ4v) is 3.26. The van der Waals surface area contributed by atoms with Gasteiger partial charge in [-0.3, -0.25) is 4.79 Å². The Morgan fingerprint density at radius 1 is 1.10 bits per heavy atom. The lowest BCUT2D eigenvalue weighted by Crippen LogP contribution is -2.19. The van der Waals surface area contributed by atoms with E-state index in [0.29, 0.717) is 16.3 Å². The monoisotopic (exact) mass is 475 g/mol. The Labute approximate surface area is 192 Å². The molecule has 5 nitrogen and oxygen atoms in total. The predicted molar refractivity (Wildman–Crippen MR) is 118 cm³/mol. The molecule has 0 radical (unpaired) electrons. The third-order valence-corrected chi connectivity index (χ3v) is 4.85. The third-order valence-electron chi connectivity index (χ3n) is 4.04. The number of nitrogens with one attached hydrogen (secondary N) is 1. The molecule has 0 fully saturated rings. The molecular formula is C22H13Cl3FN3O2. The van der Waals surface area contributed by atoms with Crippen LogP contribution in [0.5, 0.6) is 5.75 Å². The molecule has 1 N–H and O–H groups in total. The van der Waals surface area contributed by atoms with Gasteiger partial charge in [0.25, 0.3) is 5.91 Å². The van der Waals surface area contributed by atoms with Crippen molar-refractivity contribution in [3.63, 3.8) is 0 Å². The number of amides is 1. The van der Waals surface area contributed by atoms with Crippen LogP contribution < -0.4 is 10.2 Å². The molecule has 3 rings (SSSR count). The van der Waals surface area contributed by atoms with E-state index in [1.807, 2.05) is 12.1 Å². The van der Waals surface area contributed by atoms with Gasteiger partial charge in [0.05, 0.1) is 33.5 Å². The van der Waals surface area contributed by atoms with Crippen molar-refractivity contribution in [2.75, 3.05) is 0 Å². The Morgan fingerprint density at radius 3 is 2.39 bits per heavy atom. The van der Waals surface area contributed by atoms with E-state index >= 15 is 0 Å². The van der Waals surface area contributed by atoms with Crippen LogP contribution in [0.1, 0.15) is 27.0 Å². The molecule has 156 valence electrons. The minimum Gasteiger partial charge on any atom is -0.486 e. The Hall–Kier alpha value is -3.11. The lowest BCUT2D eigenvalue weighted by Gasteiger charge is -2.11. The van der Waals surface area contributed by atoms with Crippen molar-refractivity contribution in [3.05, 3.63) is 97.7 Å². The molecule has 0 aliphatic carbocycles. The van der Waals surface area contributed by atoms with E-state index in [0.717, 1.165) is 11.6 Å². The van der Waals surface area contributed by atoms with Gasteiger partial charge in [0, 0.05) is 5.02 Å². The second kappa shape index (κ2) is 10.3. The van der Waals surface area contributed by atoms with E-state index in [1.165, 1.54) is 18.3 Å². The Bertz CT molecular complexity index is 1170. The zero-order valence-corrected chi connectivity index (χ0v) is 18.0. The Kier molecular flexibility index (Phi) is 7.48. The molecular weight excluding hydrogens is 464 g/mol. The highest BCUT2D eigenvalue weighted by Gasteiger charge is 2.12. The van der Waals surface area contributed by atoms with Crippen LogP contribution in [-0.4, -0.2) is 12.1 Å². The summed E-state index contributed by atoms with van der Waals surface area (Å²) in [4.78, 5) is 12.1. The quantitative estimate of drug-likeness (QED) is 0.350. The molecule has 0 heterocycles. The zero-order chi connectivity index (χ0) is 22.4. The molecule has 0 spiro atoms. The highest BCUT2D eigenvalue weighted by Crippen LogP contribution is 2.34. The summed E-state index contributed by atoms with van der Waals surface area (Å²) in [6.45, 7) is 0.246. The minimum absolute atomic E-state index is 0.111. The number of benzene rings is 3. The fourth-order valence-electron chi connectivity index (χ4n) is 2.52. The van der Waals surface area contributed by atoms with Crippen molar-refractivity contribution in [1.29, 1.82) is 5.26 Å². The summed E-state index contributed by atoms with van der Waals surface area (Å²) in [6.07, 6.45) is 1.31. The normalized spacial score (nSPS) is 10.7. The van der Waals surface area contributed by atoms with Gasteiger partial charge in [0.2, 0.25) is 0 Å². The van der Waals surface area contributed by atoms with Crippen LogP contribution in [0.4, 0.5) is 4.39 Å². The molecule has 0 saturated heterocycles. The number of nitriles is 1. The number of hydrazone groups is 1. The summed E-state index contributed by atoms with van der Waals surface area (Å²) in [5, 5.41) is 13.7. The van der Waals surface area contributed by atoms with E-state index in [9.17, 15) is 9.18 Å². The first kappa shape index (κ1) is 22.6. The number of nitrogens with zero attached hydrogens (tertiary/aromatic N) is 2. The maximum atomic E-state index is 13.9. The topological polar surface area (TPSA) is 74.5 Å². The standard InChI is InChI=1S/C22H13Cl3FN3O2/c23-16-4-1-13(2-5-16)12-31-21-18(24)7-15(8-19(21)25)11-28-29-22(30)17-6-3-14(10-27)9-20(17)26/h1-9,11H,12H2,(H,29,30)/b28-11+. The van der Waals surface area contributed by atoms with Gasteiger partial charge in [-0.05, 0) is 53.6 Å². The van der Waals surface area contributed by atoms with Crippen LogP contribution in [0.2, 0.25) is 15.1 Å². The van der Waals surface area contributed by atoms with Crippen molar-refractivity contribution in [3.8, 4) is 11.8 Å². The van der Waals surface area contributed by atoms with Gasteiger partial charge in [0.15, 0.2) is 5.75 Å². The highest BCUT2D eigenvalue weighted by atomic mass is 35.5. The first-order valence-corrected chi connectivity index (χ1v) is 9.90. The summed E-state index contributed by atoms with van der Waals surface area (Å²) < 4.78 is 19.6. The van der Waals surface area contributed by atoms with E-state index < -0.39 is 11.7 Å². The summed E-state index contributed by atoms with van der Waals surface area (Å²) >= 11 is 18.4. The van der Waals surface area contributed by atoms with E-state index in [2.05, 4.69) is 10.5 Å². The van der Waals surface area contributed by atoms with Crippen molar-refractivity contribution in [1.82, 2.24) is 5.43 Å². The SMILES string of the molecule is N#Cc1ccc(C(=O)N/N=C/c2cc(Cl)c(OCc3ccc(Cl)cc3)c(Cl)c2)c(F)c1. The van der Waals surface area contributed by atoms with Gasteiger partial charge in [-0.25, -0.2) is 9.82 Å². The molecule has 0 saturated carbocycles. The molecule has 9 heteroatoms.